The predicted molar refractivity (Wildman–Crippen MR) is 86.4 cm³/mol. The largest absolute Gasteiger partial charge is 0.313 e. The van der Waals surface area contributed by atoms with E-state index in [-0.39, 0.29) is 0 Å². The first kappa shape index (κ1) is 15.8. The standard InChI is InChI=1S/C16H26ClN3/c1-3-19-9-11-20(12-10-19)8-7-16(18-2)14-5-4-6-15(17)13-14/h4-6,13,16,18H,3,7-12H2,1-2H3. The van der Waals surface area contributed by atoms with Gasteiger partial charge in [0.25, 0.3) is 0 Å². The molecule has 1 aromatic rings. The Morgan fingerprint density at radius 2 is 1.90 bits per heavy atom. The Morgan fingerprint density at radius 3 is 2.50 bits per heavy atom. The number of hydrogen-bond acceptors (Lipinski definition) is 3. The van der Waals surface area contributed by atoms with Crippen molar-refractivity contribution in [1.82, 2.24) is 15.1 Å². The van der Waals surface area contributed by atoms with Crippen molar-refractivity contribution in [2.75, 3.05) is 46.3 Å². The van der Waals surface area contributed by atoms with Gasteiger partial charge in [-0.1, -0.05) is 30.7 Å². The SMILES string of the molecule is CCN1CCN(CCC(NC)c2cccc(Cl)c2)CC1. The Hall–Kier alpha value is -0.610. The molecule has 1 unspecified atom stereocenters. The Labute approximate surface area is 127 Å². The van der Waals surface area contributed by atoms with Gasteiger partial charge in [0.05, 0.1) is 0 Å². The van der Waals surface area contributed by atoms with Crippen LogP contribution in [-0.4, -0.2) is 56.1 Å². The summed E-state index contributed by atoms with van der Waals surface area (Å²) >= 11 is 6.08. The molecular weight excluding hydrogens is 270 g/mol. The molecule has 0 aliphatic carbocycles. The van der Waals surface area contributed by atoms with E-state index < -0.39 is 0 Å². The van der Waals surface area contributed by atoms with E-state index in [1.54, 1.807) is 0 Å². The first-order valence-electron chi connectivity index (χ1n) is 7.60. The number of piperazine rings is 1. The molecule has 2 rings (SSSR count). The van der Waals surface area contributed by atoms with E-state index in [0.29, 0.717) is 6.04 Å². The molecule has 0 bridgehead atoms. The molecule has 20 heavy (non-hydrogen) atoms. The van der Waals surface area contributed by atoms with Crippen LogP contribution in [0.5, 0.6) is 0 Å². The van der Waals surface area contributed by atoms with Gasteiger partial charge in [0.2, 0.25) is 0 Å². The molecule has 112 valence electrons. The third kappa shape index (κ3) is 4.45. The molecule has 0 amide bonds. The van der Waals surface area contributed by atoms with Gasteiger partial charge in [0.1, 0.15) is 0 Å². The summed E-state index contributed by atoms with van der Waals surface area (Å²) in [5.74, 6) is 0. The molecule has 1 saturated heterocycles. The van der Waals surface area contributed by atoms with Crippen LogP contribution in [-0.2, 0) is 0 Å². The summed E-state index contributed by atoms with van der Waals surface area (Å²) in [4.78, 5) is 5.09. The maximum atomic E-state index is 6.08. The Bertz CT molecular complexity index is 402. The molecule has 1 aliphatic heterocycles. The minimum absolute atomic E-state index is 0.387. The first-order valence-corrected chi connectivity index (χ1v) is 7.98. The lowest BCUT2D eigenvalue weighted by Gasteiger charge is -2.34. The van der Waals surface area contributed by atoms with Crippen molar-refractivity contribution in [3.05, 3.63) is 34.9 Å². The van der Waals surface area contributed by atoms with Crippen LogP contribution < -0.4 is 5.32 Å². The Morgan fingerprint density at radius 1 is 1.20 bits per heavy atom. The molecular formula is C16H26ClN3. The molecule has 1 aromatic carbocycles. The van der Waals surface area contributed by atoms with Gasteiger partial charge in [0, 0.05) is 43.8 Å². The van der Waals surface area contributed by atoms with Crippen LogP contribution in [0.2, 0.25) is 5.02 Å². The number of halogens is 1. The number of nitrogens with zero attached hydrogens (tertiary/aromatic N) is 2. The van der Waals surface area contributed by atoms with E-state index in [0.717, 1.165) is 18.0 Å². The lowest BCUT2D eigenvalue weighted by atomic mass is 10.0. The van der Waals surface area contributed by atoms with E-state index in [1.807, 2.05) is 19.2 Å². The van der Waals surface area contributed by atoms with Crippen molar-refractivity contribution in [2.24, 2.45) is 0 Å². The van der Waals surface area contributed by atoms with Crippen LogP contribution in [0.3, 0.4) is 0 Å². The van der Waals surface area contributed by atoms with E-state index in [1.165, 1.54) is 38.3 Å². The lowest BCUT2D eigenvalue weighted by molar-refractivity contribution is 0.133. The number of rotatable bonds is 6. The average molecular weight is 296 g/mol. The fourth-order valence-electron chi connectivity index (χ4n) is 2.84. The minimum Gasteiger partial charge on any atom is -0.313 e. The van der Waals surface area contributed by atoms with E-state index in [2.05, 4.69) is 34.2 Å². The molecule has 4 heteroatoms. The summed E-state index contributed by atoms with van der Waals surface area (Å²) in [6, 6.07) is 8.57. The predicted octanol–water partition coefficient (Wildman–Crippen LogP) is 2.63. The Kier molecular flexibility index (Phi) is 6.30. The zero-order valence-corrected chi connectivity index (χ0v) is 13.4. The van der Waals surface area contributed by atoms with Crippen molar-refractivity contribution in [3.63, 3.8) is 0 Å². The third-order valence-corrected chi connectivity index (χ3v) is 4.48. The smallest absolute Gasteiger partial charge is 0.0409 e. The molecule has 0 aromatic heterocycles. The van der Waals surface area contributed by atoms with Crippen LogP contribution >= 0.6 is 11.6 Å². The van der Waals surface area contributed by atoms with Crippen molar-refractivity contribution >= 4 is 11.6 Å². The highest BCUT2D eigenvalue weighted by Crippen LogP contribution is 2.20. The second-order valence-corrected chi connectivity index (χ2v) is 5.90. The summed E-state index contributed by atoms with van der Waals surface area (Å²) in [5, 5.41) is 4.23. The molecule has 1 N–H and O–H groups in total. The average Bonchev–Trinajstić information content (AvgIpc) is 2.48. The van der Waals surface area contributed by atoms with E-state index in [4.69, 9.17) is 11.6 Å². The quantitative estimate of drug-likeness (QED) is 0.870. The summed E-state index contributed by atoms with van der Waals surface area (Å²) < 4.78 is 0. The van der Waals surface area contributed by atoms with E-state index in [9.17, 15) is 0 Å². The van der Waals surface area contributed by atoms with Crippen LogP contribution in [0.4, 0.5) is 0 Å². The summed E-state index contributed by atoms with van der Waals surface area (Å²) in [7, 11) is 2.03. The van der Waals surface area contributed by atoms with Gasteiger partial charge in [-0.2, -0.15) is 0 Å². The molecule has 1 heterocycles. The van der Waals surface area contributed by atoms with Gasteiger partial charge < -0.3 is 15.1 Å². The van der Waals surface area contributed by atoms with Crippen LogP contribution in [0, 0.1) is 0 Å². The monoisotopic (exact) mass is 295 g/mol. The molecule has 0 spiro atoms. The fourth-order valence-corrected chi connectivity index (χ4v) is 3.04. The molecule has 0 radical (unpaired) electrons. The van der Waals surface area contributed by atoms with Gasteiger partial charge in [-0.15, -0.1) is 0 Å². The summed E-state index contributed by atoms with van der Waals surface area (Å²) in [6.45, 7) is 9.37. The molecule has 3 nitrogen and oxygen atoms in total. The van der Waals surface area contributed by atoms with Gasteiger partial charge in [-0.05, 0) is 37.7 Å². The highest BCUT2D eigenvalue weighted by atomic mass is 35.5. The molecule has 1 fully saturated rings. The van der Waals surface area contributed by atoms with Crippen LogP contribution in [0.25, 0.3) is 0 Å². The highest BCUT2D eigenvalue weighted by molar-refractivity contribution is 6.30. The van der Waals surface area contributed by atoms with Crippen molar-refractivity contribution in [3.8, 4) is 0 Å². The van der Waals surface area contributed by atoms with Crippen molar-refractivity contribution in [2.45, 2.75) is 19.4 Å². The highest BCUT2D eigenvalue weighted by Gasteiger charge is 2.17. The summed E-state index contributed by atoms with van der Waals surface area (Å²) in [6.07, 6.45) is 1.13. The van der Waals surface area contributed by atoms with Crippen molar-refractivity contribution < 1.29 is 0 Å². The van der Waals surface area contributed by atoms with Gasteiger partial charge >= 0.3 is 0 Å². The van der Waals surface area contributed by atoms with Gasteiger partial charge in [-0.3, -0.25) is 0 Å². The zero-order valence-electron chi connectivity index (χ0n) is 12.6. The first-order chi connectivity index (χ1) is 9.72. The second-order valence-electron chi connectivity index (χ2n) is 5.46. The molecule has 0 saturated carbocycles. The number of likely N-dealkylation sites (N-methyl/N-ethyl adjacent to an activating group) is 1. The zero-order chi connectivity index (χ0) is 14.4. The molecule has 1 atom stereocenters. The third-order valence-electron chi connectivity index (χ3n) is 4.25. The lowest BCUT2D eigenvalue weighted by Crippen LogP contribution is -2.46. The van der Waals surface area contributed by atoms with E-state index >= 15 is 0 Å². The maximum Gasteiger partial charge on any atom is 0.0409 e. The maximum absolute atomic E-state index is 6.08. The minimum atomic E-state index is 0.387. The number of benzene rings is 1. The summed E-state index contributed by atoms with van der Waals surface area (Å²) in [5.41, 5.74) is 1.28. The van der Waals surface area contributed by atoms with Crippen LogP contribution in [0.1, 0.15) is 24.9 Å². The van der Waals surface area contributed by atoms with Crippen molar-refractivity contribution in [1.29, 1.82) is 0 Å². The Balaban J connectivity index is 1.82. The fraction of sp³-hybridized carbons (Fsp3) is 0.625. The van der Waals surface area contributed by atoms with Gasteiger partial charge in [0.15, 0.2) is 0 Å². The van der Waals surface area contributed by atoms with Gasteiger partial charge in [-0.25, -0.2) is 0 Å². The number of nitrogens with one attached hydrogen (secondary N) is 1. The normalized spacial score (nSPS) is 19.1. The second kappa shape index (κ2) is 7.99. The number of hydrogen-bond donors (Lipinski definition) is 1. The van der Waals surface area contributed by atoms with Crippen LogP contribution in [0.15, 0.2) is 24.3 Å². The molecule has 1 aliphatic rings. The topological polar surface area (TPSA) is 18.5 Å².